The van der Waals surface area contributed by atoms with E-state index in [1.807, 2.05) is 54.6 Å². The minimum Gasteiger partial charge on any atom is -0.367 e. The van der Waals surface area contributed by atoms with E-state index >= 15 is 0 Å². The van der Waals surface area contributed by atoms with E-state index in [1.165, 1.54) is 0 Å². The van der Waals surface area contributed by atoms with Gasteiger partial charge >= 0.3 is 0 Å². The number of benzene rings is 1. The molecule has 0 aliphatic heterocycles. The summed E-state index contributed by atoms with van der Waals surface area (Å²) in [5, 5.41) is 17.9. The number of amides is 1. The second-order valence-corrected chi connectivity index (χ2v) is 6.49. The minimum atomic E-state index is 0.00256. The summed E-state index contributed by atoms with van der Waals surface area (Å²) >= 11 is 5.94. The number of nitrogens with zero attached hydrogens (tertiary/aromatic N) is 3. The van der Waals surface area contributed by atoms with Gasteiger partial charge in [-0.15, -0.1) is 10.2 Å². The molecule has 3 N–H and O–H groups in total. The van der Waals surface area contributed by atoms with Crippen molar-refractivity contribution in [3.8, 4) is 0 Å². The topological polar surface area (TPSA) is 91.8 Å². The number of aryl methyl sites for hydroxylation is 1. The van der Waals surface area contributed by atoms with Crippen molar-refractivity contribution in [3.63, 3.8) is 0 Å². The zero-order valence-electron chi connectivity index (χ0n) is 15.2. The monoisotopic (exact) mass is 396 g/mol. The summed E-state index contributed by atoms with van der Waals surface area (Å²) in [5.74, 6) is 1.96. The normalized spacial score (nSPS) is 10.3. The van der Waals surface area contributed by atoms with Gasteiger partial charge in [0.1, 0.15) is 11.6 Å². The van der Waals surface area contributed by atoms with Crippen molar-refractivity contribution in [1.29, 1.82) is 0 Å². The molecule has 8 heteroatoms. The van der Waals surface area contributed by atoms with Gasteiger partial charge < -0.3 is 16.0 Å². The largest absolute Gasteiger partial charge is 0.367 e. The lowest BCUT2D eigenvalue weighted by Crippen LogP contribution is -2.29. The van der Waals surface area contributed by atoms with Crippen LogP contribution in [0.15, 0.2) is 60.8 Å². The highest BCUT2D eigenvalue weighted by Gasteiger charge is 2.03. The Labute approximate surface area is 168 Å². The zero-order chi connectivity index (χ0) is 19.6. The molecule has 0 radical (unpaired) electrons. The predicted octanol–water partition coefficient (Wildman–Crippen LogP) is 3.43. The molecule has 1 amide bonds. The van der Waals surface area contributed by atoms with Gasteiger partial charge in [0.15, 0.2) is 5.82 Å². The maximum Gasteiger partial charge on any atom is 0.220 e. The standard InChI is InChI=1S/C20H21ClN6O/c21-16-5-3-4-15(14-16)7-10-20(28)24-13-12-23-18-8-9-19(27-26-18)25-17-6-1-2-11-22-17/h1-6,8-9,11,14H,7,10,12-13H2,(H,23,26)(H,24,28)(H,22,25,27). The Hall–Kier alpha value is -3.19. The summed E-state index contributed by atoms with van der Waals surface area (Å²) in [5.41, 5.74) is 1.05. The van der Waals surface area contributed by atoms with Gasteiger partial charge in [-0.1, -0.05) is 29.8 Å². The van der Waals surface area contributed by atoms with E-state index in [2.05, 4.69) is 31.1 Å². The lowest BCUT2D eigenvalue weighted by atomic mass is 10.1. The fraction of sp³-hybridized carbons (Fsp3) is 0.200. The summed E-state index contributed by atoms with van der Waals surface area (Å²) < 4.78 is 0. The van der Waals surface area contributed by atoms with Crippen LogP contribution < -0.4 is 16.0 Å². The molecule has 3 aromatic rings. The number of rotatable bonds is 9. The van der Waals surface area contributed by atoms with Crippen molar-refractivity contribution in [2.75, 3.05) is 23.7 Å². The summed E-state index contributed by atoms with van der Waals surface area (Å²) in [6.07, 6.45) is 2.79. The highest BCUT2D eigenvalue weighted by molar-refractivity contribution is 6.30. The highest BCUT2D eigenvalue weighted by atomic mass is 35.5. The molecule has 144 valence electrons. The van der Waals surface area contributed by atoms with Crippen LogP contribution in [0.3, 0.4) is 0 Å². The summed E-state index contributed by atoms with van der Waals surface area (Å²) in [6.45, 7) is 1.06. The van der Waals surface area contributed by atoms with Crippen molar-refractivity contribution in [2.24, 2.45) is 0 Å². The lowest BCUT2D eigenvalue weighted by Gasteiger charge is -2.08. The van der Waals surface area contributed by atoms with Crippen LogP contribution in [0.1, 0.15) is 12.0 Å². The van der Waals surface area contributed by atoms with Crippen LogP contribution in [-0.4, -0.2) is 34.2 Å². The SMILES string of the molecule is O=C(CCc1cccc(Cl)c1)NCCNc1ccc(Nc2ccccn2)nn1. The molecule has 3 rings (SSSR count). The Kier molecular flexibility index (Phi) is 7.14. The van der Waals surface area contributed by atoms with E-state index < -0.39 is 0 Å². The van der Waals surface area contributed by atoms with Crippen LogP contribution in [0.25, 0.3) is 0 Å². The summed E-state index contributed by atoms with van der Waals surface area (Å²) in [7, 11) is 0. The van der Waals surface area contributed by atoms with Crippen LogP contribution in [0.4, 0.5) is 17.5 Å². The first-order chi connectivity index (χ1) is 13.7. The van der Waals surface area contributed by atoms with Gasteiger partial charge in [-0.3, -0.25) is 4.79 Å². The van der Waals surface area contributed by atoms with Crippen molar-refractivity contribution < 1.29 is 4.79 Å². The molecular weight excluding hydrogens is 376 g/mol. The Balaban J connectivity index is 1.34. The van der Waals surface area contributed by atoms with Gasteiger partial charge in [-0.05, 0) is 48.4 Å². The second kappa shape index (κ2) is 10.2. The minimum absolute atomic E-state index is 0.00256. The summed E-state index contributed by atoms with van der Waals surface area (Å²) in [4.78, 5) is 16.1. The molecule has 1 aromatic carbocycles. The quantitative estimate of drug-likeness (QED) is 0.480. The number of carbonyl (C=O) groups is 1. The maximum absolute atomic E-state index is 11.9. The molecule has 0 saturated heterocycles. The van der Waals surface area contributed by atoms with Crippen molar-refractivity contribution in [1.82, 2.24) is 20.5 Å². The van der Waals surface area contributed by atoms with E-state index in [-0.39, 0.29) is 5.91 Å². The lowest BCUT2D eigenvalue weighted by molar-refractivity contribution is -0.120. The number of hydrogen-bond acceptors (Lipinski definition) is 6. The summed E-state index contributed by atoms with van der Waals surface area (Å²) in [6, 6.07) is 16.8. The first-order valence-electron chi connectivity index (χ1n) is 8.96. The average Bonchev–Trinajstić information content (AvgIpc) is 2.72. The number of hydrogen-bond donors (Lipinski definition) is 3. The number of aromatic nitrogens is 3. The molecule has 0 spiro atoms. The molecule has 0 aliphatic carbocycles. The van der Waals surface area contributed by atoms with Gasteiger partial charge in [-0.2, -0.15) is 0 Å². The van der Waals surface area contributed by atoms with E-state index in [9.17, 15) is 4.79 Å². The molecule has 0 aliphatic rings. The Morgan fingerprint density at radius 3 is 2.54 bits per heavy atom. The number of pyridine rings is 1. The number of halogens is 1. The first-order valence-corrected chi connectivity index (χ1v) is 9.34. The molecule has 28 heavy (non-hydrogen) atoms. The third kappa shape index (κ3) is 6.51. The smallest absolute Gasteiger partial charge is 0.220 e. The van der Waals surface area contributed by atoms with Gasteiger partial charge in [-0.25, -0.2) is 4.98 Å². The van der Waals surface area contributed by atoms with Gasteiger partial charge in [0.2, 0.25) is 5.91 Å². The van der Waals surface area contributed by atoms with Crippen LogP contribution in [-0.2, 0) is 11.2 Å². The first kappa shape index (κ1) is 19.6. The van der Waals surface area contributed by atoms with Crippen LogP contribution >= 0.6 is 11.6 Å². The van der Waals surface area contributed by atoms with Crippen molar-refractivity contribution in [3.05, 3.63) is 71.4 Å². The molecule has 0 bridgehead atoms. The molecule has 0 atom stereocenters. The van der Waals surface area contributed by atoms with E-state index in [4.69, 9.17) is 11.6 Å². The third-order valence-corrected chi connectivity index (χ3v) is 4.10. The molecule has 0 unspecified atom stereocenters. The third-order valence-electron chi connectivity index (χ3n) is 3.87. The number of carbonyl (C=O) groups excluding carboxylic acids is 1. The maximum atomic E-state index is 11.9. The Bertz CT molecular complexity index is 889. The Morgan fingerprint density at radius 1 is 0.929 bits per heavy atom. The molecule has 0 fully saturated rings. The van der Waals surface area contributed by atoms with Gasteiger partial charge in [0, 0.05) is 30.7 Å². The zero-order valence-corrected chi connectivity index (χ0v) is 16.0. The number of nitrogens with one attached hydrogen (secondary N) is 3. The molecule has 2 heterocycles. The van der Waals surface area contributed by atoms with Crippen LogP contribution in [0.2, 0.25) is 5.02 Å². The molecule has 0 saturated carbocycles. The van der Waals surface area contributed by atoms with Gasteiger partial charge in [0.25, 0.3) is 0 Å². The number of anilines is 3. The molecular formula is C20H21ClN6O. The van der Waals surface area contributed by atoms with Gasteiger partial charge in [0.05, 0.1) is 0 Å². The molecule has 7 nitrogen and oxygen atoms in total. The van der Waals surface area contributed by atoms with E-state index in [0.717, 1.165) is 5.56 Å². The predicted molar refractivity (Wildman–Crippen MR) is 111 cm³/mol. The van der Waals surface area contributed by atoms with Crippen molar-refractivity contribution >= 4 is 35.0 Å². The highest BCUT2D eigenvalue weighted by Crippen LogP contribution is 2.12. The van der Waals surface area contributed by atoms with Crippen molar-refractivity contribution in [2.45, 2.75) is 12.8 Å². The van der Waals surface area contributed by atoms with Crippen LogP contribution in [0.5, 0.6) is 0 Å². The average molecular weight is 397 g/mol. The van der Waals surface area contributed by atoms with E-state index in [1.54, 1.807) is 6.20 Å². The fourth-order valence-corrected chi connectivity index (χ4v) is 2.71. The molecule has 2 aromatic heterocycles. The fourth-order valence-electron chi connectivity index (χ4n) is 2.49. The second-order valence-electron chi connectivity index (χ2n) is 6.05. The van der Waals surface area contributed by atoms with Crippen LogP contribution in [0, 0.1) is 0 Å². The van der Waals surface area contributed by atoms with E-state index in [0.29, 0.717) is 48.4 Å². The Morgan fingerprint density at radius 2 is 1.79 bits per heavy atom.